The van der Waals surface area contributed by atoms with E-state index in [2.05, 4.69) is 50.5 Å². The first kappa shape index (κ1) is 14.9. The molecule has 5 nitrogen and oxygen atoms in total. The molecule has 4 rings (SSSR count). The van der Waals surface area contributed by atoms with Gasteiger partial charge in [-0.3, -0.25) is 0 Å². The van der Waals surface area contributed by atoms with Crippen LogP contribution in [0.5, 0.6) is 0 Å². The van der Waals surface area contributed by atoms with Gasteiger partial charge in [-0.25, -0.2) is 0 Å². The zero-order valence-corrected chi connectivity index (χ0v) is 13.9. The van der Waals surface area contributed by atoms with Crippen molar-refractivity contribution in [3.63, 3.8) is 0 Å². The number of hydrogen-bond donors (Lipinski definition) is 1. The van der Waals surface area contributed by atoms with Crippen molar-refractivity contribution in [3.8, 4) is 0 Å². The zero-order valence-electron chi connectivity index (χ0n) is 13.1. The second-order valence-corrected chi connectivity index (χ2v) is 6.21. The molecule has 24 heavy (non-hydrogen) atoms. The predicted molar refractivity (Wildman–Crippen MR) is 96.3 cm³/mol. The summed E-state index contributed by atoms with van der Waals surface area (Å²) in [6.07, 6.45) is 2.57. The summed E-state index contributed by atoms with van der Waals surface area (Å²) in [6.45, 7) is 2.16. The Hall–Kier alpha value is -2.66. The van der Waals surface area contributed by atoms with E-state index in [1.807, 2.05) is 30.3 Å². The van der Waals surface area contributed by atoms with Crippen LogP contribution in [0.1, 0.15) is 12.5 Å². The molecule has 0 saturated carbocycles. The van der Waals surface area contributed by atoms with Crippen LogP contribution in [0.25, 0.3) is 0 Å². The quantitative estimate of drug-likeness (QED) is 0.770. The molecule has 3 aromatic rings. The summed E-state index contributed by atoms with van der Waals surface area (Å²) in [5.74, 6) is 1.20. The highest BCUT2D eigenvalue weighted by molar-refractivity contribution is 6.33. The summed E-state index contributed by atoms with van der Waals surface area (Å²) >= 11 is 6.19. The molecule has 1 aliphatic rings. The van der Waals surface area contributed by atoms with Crippen LogP contribution in [-0.4, -0.2) is 21.2 Å². The molecule has 2 heterocycles. The van der Waals surface area contributed by atoms with Gasteiger partial charge in [0.15, 0.2) is 5.82 Å². The van der Waals surface area contributed by atoms with Crippen LogP contribution in [-0.2, 0) is 6.42 Å². The van der Waals surface area contributed by atoms with Gasteiger partial charge >= 0.3 is 0 Å². The Bertz CT molecular complexity index is 883. The van der Waals surface area contributed by atoms with Crippen molar-refractivity contribution in [2.45, 2.75) is 19.4 Å². The Morgan fingerprint density at radius 1 is 1.12 bits per heavy atom. The molecule has 0 fully saturated rings. The molecule has 0 radical (unpaired) electrons. The number of hydrogen-bond acceptors (Lipinski definition) is 5. The number of para-hydroxylation sites is 2. The highest BCUT2D eigenvalue weighted by atomic mass is 35.5. The Morgan fingerprint density at radius 3 is 2.79 bits per heavy atom. The first-order valence-electron chi connectivity index (χ1n) is 7.81. The largest absolute Gasteiger partial charge is 0.338 e. The van der Waals surface area contributed by atoms with E-state index in [1.54, 1.807) is 6.20 Å². The van der Waals surface area contributed by atoms with Gasteiger partial charge in [0.2, 0.25) is 0 Å². The lowest BCUT2D eigenvalue weighted by molar-refractivity contribution is 0.730. The van der Waals surface area contributed by atoms with Crippen LogP contribution < -0.4 is 10.2 Å². The van der Waals surface area contributed by atoms with Crippen molar-refractivity contribution < 1.29 is 0 Å². The Morgan fingerprint density at radius 2 is 1.92 bits per heavy atom. The van der Waals surface area contributed by atoms with E-state index in [9.17, 15) is 0 Å². The van der Waals surface area contributed by atoms with Gasteiger partial charge in [-0.05, 0) is 37.1 Å². The molecule has 0 saturated heterocycles. The van der Waals surface area contributed by atoms with Gasteiger partial charge in [0.05, 0.1) is 16.9 Å². The molecule has 0 aliphatic carbocycles. The molecule has 1 aliphatic heterocycles. The molecule has 0 amide bonds. The van der Waals surface area contributed by atoms with E-state index in [0.717, 1.165) is 17.8 Å². The smallest absolute Gasteiger partial charge is 0.252 e. The number of fused-ring (bicyclic) bond motifs is 1. The maximum absolute atomic E-state index is 6.19. The predicted octanol–water partition coefficient (Wildman–Crippen LogP) is 4.35. The third-order valence-electron chi connectivity index (χ3n) is 4.11. The molecule has 1 N–H and O–H groups in total. The lowest BCUT2D eigenvalue weighted by atomic mass is 10.1. The fraction of sp³-hybridized carbons (Fsp3) is 0.167. The number of halogens is 1. The van der Waals surface area contributed by atoms with Gasteiger partial charge in [-0.15, -0.1) is 5.10 Å². The van der Waals surface area contributed by atoms with Crippen LogP contribution in [0.15, 0.2) is 54.7 Å². The molecular weight excluding hydrogens is 322 g/mol. The Kier molecular flexibility index (Phi) is 3.78. The first-order chi connectivity index (χ1) is 11.7. The third-order valence-corrected chi connectivity index (χ3v) is 4.44. The molecule has 1 unspecified atom stereocenters. The van der Waals surface area contributed by atoms with E-state index in [0.29, 0.717) is 22.8 Å². The lowest BCUT2D eigenvalue weighted by Crippen LogP contribution is -2.26. The van der Waals surface area contributed by atoms with Gasteiger partial charge < -0.3 is 10.2 Å². The minimum Gasteiger partial charge on any atom is -0.338 e. The fourth-order valence-electron chi connectivity index (χ4n) is 3.03. The minimum absolute atomic E-state index is 0.291. The molecule has 1 atom stereocenters. The summed E-state index contributed by atoms with van der Waals surface area (Å²) in [6, 6.07) is 16.2. The molecule has 1 aromatic heterocycles. The lowest BCUT2D eigenvalue weighted by Gasteiger charge is -2.22. The van der Waals surface area contributed by atoms with Crippen LogP contribution >= 0.6 is 11.6 Å². The topological polar surface area (TPSA) is 53.9 Å². The van der Waals surface area contributed by atoms with Crippen molar-refractivity contribution >= 4 is 34.7 Å². The average Bonchev–Trinajstić information content (AvgIpc) is 2.93. The van der Waals surface area contributed by atoms with E-state index in [1.165, 1.54) is 5.56 Å². The fourth-order valence-corrected chi connectivity index (χ4v) is 3.21. The minimum atomic E-state index is 0.291. The summed E-state index contributed by atoms with van der Waals surface area (Å²) in [4.78, 5) is 6.75. The average molecular weight is 338 g/mol. The Balaban J connectivity index is 1.67. The number of aromatic nitrogens is 3. The summed E-state index contributed by atoms with van der Waals surface area (Å²) in [5.41, 5.74) is 3.24. The maximum atomic E-state index is 6.19. The molecule has 6 heteroatoms. The summed E-state index contributed by atoms with van der Waals surface area (Å²) < 4.78 is 0. The van der Waals surface area contributed by atoms with Crippen LogP contribution in [0.3, 0.4) is 0 Å². The normalized spacial score (nSPS) is 16.1. The molecule has 2 aromatic carbocycles. The van der Waals surface area contributed by atoms with Gasteiger partial charge in [-0.1, -0.05) is 41.9 Å². The van der Waals surface area contributed by atoms with Crippen molar-refractivity contribution in [3.05, 3.63) is 65.3 Å². The van der Waals surface area contributed by atoms with Crippen LogP contribution in [0.2, 0.25) is 5.02 Å². The van der Waals surface area contributed by atoms with Crippen LogP contribution in [0, 0.1) is 0 Å². The van der Waals surface area contributed by atoms with Gasteiger partial charge in [0.1, 0.15) is 0 Å². The summed E-state index contributed by atoms with van der Waals surface area (Å²) in [7, 11) is 0. The molecule has 120 valence electrons. The number of rotatable bonds is 3. The summed E-state index contributed by atoms with van der Waals surface area (Å²) in [5, 5.41) is 12.2. The second-order valence-electron chi connectivity index (χ2n) is 5.80. The van der Waals surface area contributed by atoms with Crippen molar-refractivity contribution in [1.29, 1.82) is 0 Å². The second kappa shape index (κ2) is 6.09. The number of anilines is 4. The number of benzene rings is 2. The van der Waals surface area contributed by atoms with Crippen molar-refractivity contribution in [1.82, 2.24) is 15.2 Å². The Labute approximate surface area is 145 Å². The highest BCUT2D eigenvalue weighted by Crippen LogP contribution is 2.36. The number of nitrogens with zero attached hydrogens (tertiary/aromatic N) is 4. The number of nitrogens with one attached hydrogen (secondary N) is 1. The SMILES string of the molecule is CC1Cc2ccccc2N1c1nncc(Nc2ccccc2Cl)n1. The van der Waals surface area contributed by atoms with Crippen molar-refractivity contribution in [2.24, 2.45) is 0 Å². The van der Waals surface area contributed by atoms with E-state index < -0.39 is 0 Å². The highest BCUT2D eigenvalue weighted by Gasteiger charge is 2.29. The van der Waals surface area contributed by atoms with Gasteiger partial charge in [-0.2, -0.15) is 10.1 Å². The molecule has 0 spiro atoms. The van der Waals surface area contributed by atoms with E-state index in [4.69, 9.17) is 11.6 Å². The van der Waals surface area contributed by atoms with E-state index in [-0.39, 0.29) is 0 Å². The molecular formula is C18H16ClN5. The van der Waals surface area contributed by atoms with Crippen LogP contribution in [0.4, 0.5) is 23.1 Å². The maximum Gasteiger partial charge on any atom is 0.252 e. The van der Waals surface area contributed by atoms with Gasteiger partial charge in [0, 0.05) is 11.7 Å². The van der Waals surface area contributed by atoms with E-state index >= 15 is 0 Å². The monoisotopic (exact) mass is 337 g/mol. The first-order valence-corrected chi connectivity index (χ1v) is 8.18. The zero-order chi connectivity index (χ0) is 16.5. The molecule has 0 bridgehead atoms. The standard InChI is InChI=1S/C18H16ClN5/c1-12-10-13-6-2-5-9-16(13)24(12)18-22-17(11-20-23-18)21-15-8-4-3-7-14(15)19/h2-9,11-12H,10H2,1H3,(H,21,22,23). The van der Waals surface area contributed by atoms with Crippen molar-refractivity contribution in [2.75, 3.05) is 10.2 Å². The third kappa shape index (κ3) is 2.67. The van der Waals surface area contributed by atoms with Gasteiger partial charge in [0.25, 0.3) is 5.95 Å².